The maximum absolute atomic E-state index is 11.2. The third kappa shape index (κ3) is 3.85. The van der Waals surface area contributed by atoms with Gasteiger partial charge in [-0.1, -0.05) is 29.8 Å². The number of aryl methyl sites for hydroxylation is 1. The maximum Gasteiger partial charge on any atom is 0.313 e. The molecular formula is C13H15O3. The van der Waals surface area contributed by atoms with Crippen LogP contribution in [0.4, 0.5) is 0 Å². The smallest absolute Gasteiger partial charge is 0.313 e. The van der Waals surface area contributed by atoms with E-state index < -0.39 is 12.1 Å². The minimum atomic E-state index is -0.563. The van der Waals surface area contributed by atoms with Crippen LogP contribution in [0.5, 0.6) is 0 Å². The van der Waals surface area contributed by atoms with Crippen LogP contribution in [0.25, 0.3) is 0 Å². The quantitative estimate of drug-likeness (QED) is 0.577. The molecule has 3 nitrogen and oxygen atoms in total. The van der Waals surface area contributed by atoms with E-state index in [2.05, 4.69) is 6.92 Å². The second-order valence-corrected chi connectivity index (χ2v) is 3.77. The predicted octanol–water partition coefficient (Wildman–Crippen LogP) is 2.39. The number of carbonyl (C=O) groups excluding carboxylic acids is 2. The third-order valence-electron chi connectivity index (χ3n) is 2.12. The number of Topliss-reactive ketones (excluding diaryl/α,β-unsaturated/α-hetero) is 1. The first-order valence-electron chi connectivity index (χ1n) is 5.07. The van der Waals surface area contributed by atoms with Crippen LogP contribution >= 0.6 is 0 Å². The fraction of sp³-hybridized carbons (Fsp3) is 0.308. The van der Waals surface area contributed by atoms with Crippen molar-refractivity contribution in [2.45, 2.75) is 26.4 Å². The molecule has 16 heavy (non-hydrogen) atoms. The molecule has 1 rings (SSSR count). The Morgan fingerprint density at radius 1 is 1.31 bits per heavy atom. The largest absolute Gasteiger partial charge is 0.457 e. The second-order valence-electron chi connectivity index (χ2n) is 3.77. The Bertz CT molecular complexity index is 379. The molecule has 0 saturated carbocycles. The van der Waals surface area contributed by atoms with E-state index in [0.717, 1.165) is 11.1 Å². The Balaban J connectivity index is 2.58. The lowest BCUT2D eigenvalue weighted by molar-refractivity contribution is -0.149. The Morgan fingerprint density at radius 2 is 1.88 bits per heavy atom. The zero-order valence-corrected chi connectivity index (χ0v) is 9.53. The van der Waals surface area contributed by atoms with Crippen molar-refractivity contribution in [3.63, 3.8) is 0 Å². The van der Waals surface area contributed by atoms with Crippen molar-refractivity contribution in [2.75, 3.05) is 0 Å². The first-order chi connectivity index (χ1) is 7.49. The molecule has 3 heteroatoms. The summed E-state index contributed by atoms with van der Waals surface area (Å²) >= 11 is 0. The highest BCUT2D eigenvalue weighted by Gasteiger charge is 2.12. The van der Waals surface area contributed by atoms with Crippen LogP contribution < -0.4 is 0 Å². The van der Waals surface area contributed by atoms with Crippen molar-refractivity contribution in [3.8, 4) is 0 Å². The number of benzene rings is 1. The third-order valence-corrected chi connectivity index (χ3v) is 2.12. The molecule has 0 N–H and O–H groups in total. The van der Waals surface area contributed by atoms with E-state index >= 15 is 0 Å². The fourth-order valence-electron chi connectivity index (χ4n) is 1.25. The van der Waals surface area contributed by atoms with Gasteiger partial charge in [-0.25, -0.2) is 0 Å². The summed E-state index contributed by atoms with van der Waals surface area (Å²) in [4.78, 5) is 21.9. The molecule has 0 heterocycles. The standard InChI is InChI=1S/C13H15O3/c1-9-4-6-12(7-5-9)11(3)16-13(15)8-10(2)14/h4-7,11H,3,8H2,1-2H3. The molecule has 0 aliphatic heterocycles. The van der Waals surface area contributed by atoms with E-state index in [1.165, 1.54) is 6.92 Å². The Labute approximate surface area is 95.4 Å². The fourth-order valence-corrected chi connectivity index (χ4v) is 1.25. The molecule has 85 valence electrons. The van der Waals surface area contributed by atoms with Gasteiger partial charge in [0.25, 0.3) is 0 Å². The molecule has 1 unspecified atom stereocenters. The van der Waals surface area contributed by atoms with Gasteiger partial charge in [-0.2, -0.15) is 0 Å². The molecule has 0 spiro atoms. The summed E-state index contributed by atoms with van der Waals surface area (Å²) in [7, 11) is 0. The highest BCUT2D eigenvalue weighted by molar-refractivity contribution is 5.94. The minimum absolute atomic E-state index is 0.197. The zero-order chi connectivity index (χ0) is 12.1. The van der Waals surface area contributed by atoms with Crippen LogP contribution in [0, 0.1) is 13.8 Å². The van der Waals surface area contributed by atoms with Gasteiger partial charge >= 0.3 is 5.97 Å². The maximum atomic E-state index is 11.2. The number of rotatable bonds is 4. The average molecular weight is 219 g/mol. The van der Waals surface area contributed by atoms with E-state index in [0.29, 0.717) is 0 Å². The first-order valence-corrected chi connectivity index (χ1v) is 5.07. The molecule has 0 saturated heterocycles. The van der Waals surface area contributed by atoms with E-state index in [4.69, 9.17) is 4.74 Å². The lowest BCUT2D eigenvalue weighted by Crippen LogP contribution is -2.12. The molecule has 1 aromatic rings. The number of hydrogen-bond donors (Lipinski definition) is 0. The van der Waals surface area contributed by atoms with Crippen molar-refractivity contribution >= 4 is 11.8 Å². The molecule has 0 aliphatic rings. The molecule has 1 aromatic carbocycles. The Hall–Kier alpha value is -1.64. The molecule has 1 radical (unpaired) electrons. The van der Waals surface area contributed by atoms with Crippen molar-refractivity contribution in [1.82, 2.24) is 0 Å². The van der Waals surface area contributed by atoms with E-state index in [9.17, 15) is 9.59 Å². The van der Waals surface area contributed by atoms with Gasteiger partial charge in [0.05, 0.1) is 0 Å². The number of ether oxygens (including phenoxy) is 1. The van der Waals surface area contributed by atoms with Gasteiger partial charge in [0, 0.05) is 0 Å². The van der Waals surface area contributed by atoms with E-state index in [1.807, 2.05) is 31.2 Å². The Kier molecular flexibility index (Phi) is 4.23. The van der Waals surface area contributed by atoms with Crippen LogP contribution in [0.1, 0.15) is 30.6 Å². The highest BCUT2D eigenvalue weighted by atomic mass is 16.5. The minimum Gasteiger partial charge on any atom is -0.457 e. The van der Waals surface area contributed by atoms with Crippen molar-refractivity contribution in [3.05, 3.63) is 42.3 Å². The molecule has 1 atom stereocenters. The summed E-state index contributed by atoms with van der Waals surface area (Å²) in [5, 5.41) is 0. The lowest BCUT2D eigenvalue weighted by atomic mass is 10.1. The molecule has 0 bridgehead atoms. The van der Waals surface area contributed by atoms with Crippen LogP contribution in [0.3, 0.4) is 0 Å². The summed E-state index contributed by atoms with van der Waals surface area (Å²) in [5.41, 5.74) is 1.95. The van der Waals surface area contributed by atoms with E-state index in [1.54, 1.807) is 0 Å². The van der Waals surface area contributed by atoms with Gasteiger partial charge in [0.15, 0.2) is 0 Å². The van der Waals surface area contributed by atoms with Gasteiger partial charge < -0.3 is 4.74 Å². The molecule has 0 aromatic heterocycles. The molecule has 0 aliphatic carbocycles. The average Bonchev–Trinajstić information content (AvgIpc) is 2.16. The predicted molar refractivity (Wildman–Crippen MR) is 60.7 cm³/mol. The van der Waals surface area contributed by atoms with Gasteiger partial charge in [0.1, 0.15) is 18.3 Å². The first kappa shape index (κ1) is 12.4. The molecule has 0 fully saturated rings. The monoisotopic (exact) mass is 219 g/mol. The van der Waals surface area contributed by atoms with Gasteiger partial charge in [-0.3, -0.25) is 9.59 Å². The van der Waals surface area contributed by atoms with Crippen molar-refractivity contribution in [2.24, 2.45) is 0 Å². The van der Waals surface area contributed by atoms with Crippen LogP contribution in [0.15, 0.2) is 24.3 Å². The summed E-state index contributed by atoms with van der Waals surface area (Å²) in [6.45, 7) is 7.06. The topological polar surface area (TPSA) is 43.4 Å². The summed E-state index contributed by atoms with van der Waals surface area (Å²) in [6.07, 6.45) is -0.759. The SMILES string of the molecule is [CH2]C(OC(=O)CC(C)=O)c1ccc(C)cc1. The van der Waals surface area contributed by atoms with Crippen molar-refractivity contribution < 1.29 is 14.3 Å². The Morgan fingerprint density at radius 3 is 2.38 bits per heavy atom. The van der Waals surface area contributed by atoms with E-state index in [-0.39, 0.29) is 12.2 Å². The van der Waals surface area contributed by atoms with Crippen LogP contribution in [-0.2, 0) is 14.3 Å². The van der Waals surface area contributed by atoms with Gasteiger partial charge in [0.2, 0.25) is 0 Å². The summed E-state index contributed by atoms with van der Waals surface area (Å²) in [6, 6.07) is 7.56. The summed E-state index contributed by atoms with van der Waals surface area (Å²) in [5.74, 6) is -0.741. The van der Waals surface area contributed by atoms with Gasteiger partial charge in [-0.15, -0.1) is 0 Å². The number of esters is 1. The van der Waals surface area contributed by atoms with Crippen LogP contribution in [0.2, 0.25) is 0 Å². The highest BCUT2D eigenvalue weighted by Crippen LogP contribution is 2.17. The zero-order valence-electron chi connectivity index (χ0n) is 9.53. The second kappa shape index (κ2) is 5.45. The summed E-state index contributed by atoms with van der Waals surface area (Å²) < 4.78 is 5.02. The normalized spacial score (nSPS) is 11.9. The van der Waals surface area contributed by atoms with Crippen molar-refractivity contribution in [1.29, 1.82) is 0 Å². The molecule has 0 amide bonds. The number of hydrogen-bond acceptors (Lipinski definition) is 3. The number of carbonyl (C=O) groups is 2. The van der Waals surface area contributed by atoms with Crippen LogP contribution in [-0.4, -0.2) is 11.8 Å². The lowest BCUT2D eigenvalue weighted by Gasteiger charge is -2.13. The molecular weight excluding hydrogens is 204 g/mol. The van der Waals surface area contributed by atoms with Gasteiger partial charge in [-0.05, 0) is 26.3 Å². The number of ketones is 1.